The van der Waals surface area contributed by atoms with Gasteiger partial charge in [0.2, 0.25) is 13.4 Å². The highest BCUT2D eigenvalue weighted by Crippen LogP contribution is 2.45. The molecule has 228 valence electrons. The number of allylic oxidation sites excluding steroid dienone is 2. The number of urea groups is 1. The van der Waals surface area contributed by atoms with Crippen LogP contribution in [-0.4, -0.2) is 19.5 Å². The van der Waals surface area contributed by atoms with Crippen LogP contribution in [0.4, 0.5) is 21.9 Å². The van der Waals surface area contributed by atoms with Gasteiger partial charge in [-0.2, -0.15) is 0 Å². The van der Waals surface area contributed by atoms with Crippen LogP contribution >= 0.6 is 0 Å². The highest BCUT2D eigenvalue weighted by Gasteiger charge is 2.52. The van der Waals surface area contributed by atoms with E-state index in [4.69, 9.17) is 0 Å². The van der Waals surface area contributed by atoms with Crippen molar-refractivity contribution < 1.29 is 4.79 Å². The Bertz CT molecular complexity index is 1970. The molecule has 2 amide bonds. The minimum atomic E-state index is -0.0781. The van der Waals surface area contributed by atoms with E-state index in [1.54, 1.807) is 0 Å². The van der Waals surface area contributed by atoms with Crippen molar-refractivity contribution in [2.75, 3.05) is 14.7 Å². The van der Waals surface area contributed by atoms with Gasteiger partial charge in [0.1, 0.15) is 11.6 Å². The molecule has 47 heavy (non-hydrogen) atoms. The minimum Gasteiger partial charge on any atom is -0.283 e. The van der Waals surface area contributed by atoms with Crippen LogP contribution in [0.2, 0.25) is 0 Å². The highest BCUT2D eigenvalue weighted by molar-refractivity contribution is 6.97. The van der Waals surface area contributed by atoms with Gasteiger partial charge in [-0.1, -0.05) is 135 Å². The molecule has 0 atom stereocenters. The zero-order valence-electron chi connectivity index (χ0n) is 27.9. The van der Waals surface area contributed by atoms with Crippen LogP contribution in [0.25, 0.3) is 0 Å². The van der Waals surface area contributed by atoms with Crippen LogP contribution < -0.4 is 36.6 Å². The van der Waals surface area contributed by atoms with Gasteiger partial charge in [0.15, 0.2) is 0 Å². The van der Waals surface area contributed by atoms with E-state index in [1.807, 2.05) is 70.5 Å². The fourth-order valence-corrected chi connectivity index (χ4v) is 8.46. The van der Waals surface area contributed by atoms with Gasteiger partial charge in [-0.05, 0) is 76.7 Å². The van der Waals surface area contributed by atoms with E-state index < -0.39 is 0 Å². The van der Waals surface area contributed by atoms with Crippen LogP contribution in [0.15, 0.2) is 138 Å². The standard InChI is InChI=1S/C41H37B2N3O/c1-26-16-13-17-27(2)36(26)42-30(5)39-44(32-20-9-7-10-21-32)41(47)45(33-22-11-8-12-23-33)40-31(6)43(37-28(3)18-14-19-29(37)4)35-25-15-24-34(42)38(35)46(39)40/h7-25H,1-6H3. The molecule has 3 heterocycles. The van der Waals surface area contributed by atoms with Crippen LogP contribution in [0, 0.1) is 27.7 Å². The Morgan fingerprint density at radius 1 is 0.426 bits per heavy atom. The van der Waals surface area contributed by atoms with Crippen molar-refractivity contribution >= 4 is 58.4 Å². The van der Waals surface area contributed by atoms with Crippen LogP contribution in [-0.2, 0) is 0 Å². The van der Waals surface area contributed by atoms with Gasteiger partial charge < -0.3 is 0 Å². The average molecular weight is 609 g/mol. The van der Waals surface area contributed by atoms with Gasteiger partial charge in [0, 0.05) is 5.69 Å². The zero-order chi connectivity index (χ0) is 32.6. The maximum atomic E-state index is 15.3. The zero-order valence-corrected chi connectivity index (χ0v) is 27.9. The summed E-state index contributed by atoms with van der Waals surface area (Å²) in [7, 11) is 0. The molecule has 0 spiro atoms. The SMILES string of the molecule is CC1=C2N(c3ccccc3)C(=O)N(c3ccccc3)C3=C(C)B(c4c(C)cccc4C)c4cccc(c4N23)B1c1c(C)cccc1C. The second-order valence-corrected chi connectivity index (χ2v) is 13.2. The topological polar surface area (TPSA) is 26.8 Å². The predicted molar refractivity (Wildman–Crippen MR) is 199 cm³/mol. The van der Waals surface area contributed by atoms with E-state index in [2.05, 4.69) is 101 Å². The molecule has 1 saturated heterocycles. The summed E-state index contributed by atoms with van der Waals surface area (Å²) in [6.45, 7) is 13.3. The second kappa shape index (κ2) is 10.9. The number of aryl methyl sites for hydroxylation is 4. The quantitative estimate of drug-likeness (QED) is 0.213. The number of para-hydroxylation sites is 3. The Hall–Kier alpha value is -5.22. The molecule has 6 heteroatoms. The molecule has 0 unspecified atom stereocenters. The van der Waals surface area contributed by atoms with Crippen molar-refractivity contribution in [3.63, 3.8) is 0 Å². The van der Waals surface area contributed by atoms with E-state index in [1.165, 1.54) is 49.8 Å². The molecule has 0 bridgehead atoms. The smallest absolute Gasteiger partial charge is 0.283 e. The third-order valence-electron chi connectivity index (χ3n) is 10.4. The van der Waals surface area contributed by atoms with Gasteiger partial charge in [0.25, 0.3) is 0 Å². The summed E-state index contributed by atoms with van der Waals surface area (Å²) in [4.78, 5) is 21.6. The normalized spacial score (nSPS) is 15.5. The fraction of sp³-hybridized carbons (Fsp3) is 0.146. The van der Waals surface area contributed by atoms with E-state index in [0.717, 1.165) is 34.0 Å². The largest absolute Gasteiger partial charge is 0.340 e. The number of carbonyl (C=O) groups is 1. The molecule has 3 aliphatic heterocycles. The number of nitrogens with zero attached hydrogens (tertiary/aromatic N) is 3. The molecule has 3 aliphatic rings. The van der Waals surface area contributed by atoms with E-state index in [0.29, 0.717) is 0 Å². The summed E-state index contributed by atoms with van der Waals surface area (Å²) in [5.74, 6) is 1.85. The summed E-state index contributed by atoms with van der Waals surface area (Å²) in [5.41, 5.74) is 15.4. The number of amides is 2. The average Bonchev–Trinajstić information content (AvgIpc) is 3.07. The van der Waals surface area contributed by atoms with E-state index in [9.17, 15) is 0 Å². The lowest BCUT2D eigenvalue weighted by Crippen LogP contribution is -2.67. The molecule has 5 aromatic rings. The summed E-state index contributed by atoms with van der Waals surface area (Å²) in [5, 5.41) is 0. The number of hydrogen-bond donors (Lipinski definition) is 0. The molecular formula is C41H37B2N3O. The molecule has 0 radical (unpaired) electrons. The van der Waals surface area contributed by atoms with Crippen molar-refractivity contribution in [1.82, 2.24) is 0 Å². The summed E-state index contributed by atoms with van der Waals surface area (Å²) >= 11 is 0. The Morgan fingerprint density at radius 3 is 1.17 bits per heavy atom. The predicted octanol–water partition coefficient (Wildman–Crippen LogP) is 6.66. The van der Waals surface area contributed by atoms with Crippen molar-refractivity contribution in [1.29, 1.82) is 0 Å². The molecule has 4 nitrogen and oxygen atoms in total. The van der Waals surface area contributed by atoms with Crippen molar-refractivity contribution in [2.24, 2.45) is 0 Å². The Labute approximate surface area is 278 Å². The lowest BCUT2D eigenvalue weighted by Gasteiger charge is -2.54. The summed E-state index contributed by atoms with van der Waals surface area (Å²) in [6, 6.07) is 40.2. The molecular weight excluding hydrogens is 572 g/mol. The van der Waals surface area contributed by atoms with Gasteiger partial charge in [-0.15, -0.1) is 0 Å². The van der Waals surface area contributed by atoms with Crippen LogP contribution in [0.1, 0.15) is 36.1 Å². The molecule has 8 rings (SSSR count). The van der Waals surface area contributed by atoms with Crippen LogP contribution in [0.5, 0.6) is 0 Å². The lowest BCUT2D eigenvalue weighted by molar-refractivity contribution is 0.252. The molecule has 0 aliphatic carbocycles. The molecule has 0 saturated carbocycles. The van der Waals surface area contributed by atoms with Gasteiger partial charge in [0.05, 0.1) is 11.4 Å². The fourth-order valence-electron chi connectivity index (χ4n) is 8.46. The maximum Gasteiger partial charge on any atom is 0.340 e. The first kappa shape index (κ1) is 29.2. The molecule has 0 N–H and O–H groups in total. The monoisotopic (exact) mass is 609 g/mol. The number of anilines is 3. The summed E-state index contributed by atoms with van der Waals surface area (Å²) in [6.07, 6.45) is 0. The third-order valence-corrected chi connectivity index (χ3v) is 10.4. The molecule has 5 aromatic carbocycles. The van der Waals surface area contributed by atoms with Crippen molar-refractivity contribution in [3.8, 4) is 0 Å². The third kappa shape index (κ3) is 4.20. The summed E-state index contributed by atoms with van der Waals surface area (Å²) < 4.78 is 0. The van der Waals surface area contributed by atoms with Crippen molar-refractivity contribution in [3.05, 3.63) is 160 Å². The van der Waals surface area contributed by atoms with Gasteiger partial charge in [-0.3, -0.25) is 4.90 Å². The van der Waals surface area contributed by atoms with Crippen LogP contribution in [0.3, 0.4) is 0 Å². The highest BCUT2D eigenvalue weighted by atomic mass is 16.2. The number of rotatable bonds is 4. The first-order chi connectivity index (χ1) is 22.8. The van der Waals surface area contributed by atoms with E-state index in [-0.39, 0.29) is 19.5 Å². The van der Waals surface area contributed by atoms with Gasteiger partial charge >= 0.3 is 6.03 Å². The van der Waals surface area contributed by atoms with Gasteiger partial charge in [-0.25, -0.2) is 14.6 Å². The maximum absolute atomic E-state index is 15.3. The van der Waals surface area contributed by atoms with Crippen molar-refractivity contribution in [2.45, 2.75) is 41.5 Å². The number of benzene rings is 5. The second-order valence-electron chi connectivity index (χ2n) is 13.2. The number of carbonyl (C=O) groups excluding carboxylic acids is 1. The number of hydrogen-bond acceptors (Lipinski definition) is 2. The first-order valence-electron chi connectivity index (χ1n) is 16.5. The Balaban J connectivity index is 1.54. The lowest BCUT2D eigenvalue weighted by atomic mass is 9.29. The first-order valence-corrected chi connectivity index (χ1v) is 16.5. The molecule has 1 fully saturated rings. The van der Waals surface area contributed by atoms with E-state index >= 15 is 4.79 Å². The Morgan fingerprint density at radius 2 is 0.787 bits per heavy atom. The Kier molecular flexibility index (Phi) is 6.80. The minimum absolute atomic E-state index is 0.0158. The molecule has 0 aromatic heterocycles.